The van der Waals surface area contributed by atoms with Gasteiger partial charge >= 0.3 is 0 Å². The van der Waals surface area contributed by atoms with Gasteiger partial charge in [0.2, 0.25) is 0 Å². The first-order chi connectivity index (χ1) is 9.51. The predicted molar refractivity (Wildman–Crippen MR) is 73.3 cm³/mol. The fraction of sp³-hybridized carbons (Fsp3) is 0. The molecule has 2 rings (SSSR count). The van der Waals surface area contributed by atoms with Crippen LogP contribution in [0.15, 0.2) is 30.3 Å². The van der Waals surface area contributed by atoms with Crippen molar-refractivity contribution in [3.63, 3.8) is 0 Å². The zero-order valence-electron chi connectivity index (χ0n) is 9.82. The SMILES string of the molecule is N#Cc1ccc(NC(=O)c2ccc(Cl)nc2Cl)c(F)c1. The van der Waals surface area contributed by atoms with E-state index in [-0.39, 0.29) is 27.1 Å². The van der Waals surface area contributed by atoms with Gasteiger partial charge in [-0.1, -0.05) is 23.2 Å². The van der Waals surface area contributed by atoms with Gasteiger partial charge in [0, 0.05) is 0 Å². The number of nitrogens with one attached hydrogen (secondary N) is 1. The summed E-state index contributed by atoms with van der Waals surface area (Å²) in [6.07, 6.45) is 0. The summed E-state index contributed by atoms with van der Waals surface area (Å²) < 4.78 is 13.6. The van der Waals surface area contributed by atoms with Gasteiger partial charge in [-0.25, -0.2) is 9.37 Å². The molecule has 1 N–H and O–H groups in total. The molecule has 0 saturated heterocycles. The predicted octanol–water partition coefficient (Wildman–Crippen LogP) is 3.65. The number of hydrogen-bond donors (Lipinski definition) is 1. The number of carbonyl (C=O) groups excluding carboxylic acids is 1. The number of rotatable bonds is 2. The van der Waals surface area contributed by atoms with Gasteiger partial charge in [-0.05, 0) is 30.3 Å². The third kappa shape index (κ3) is 3.05. The molecule has 0 aliphatic carbocycles. The van der Waals surface area contributed by atoms with E-state index in [0.717, 1.165) is 6.07 Å². The molecule has 0 radical (unpaired) electrons. The van der Waals surface area contributed by atoms with Crippen molar-refractivity contribution in [3.8, 4) is 6.07 Å². The molecule has 20 heavy (non-hydrogen) atoms. The molecule has 4 nitrogen and oxygen atoms in total. The second kappa shape index (κ2) is 5.87. The van der Waals surface area contributed by atoms with Crippen molar-refractivity contribution in [2.75, 3.05) is 5.32 Å². The normalized spacial score (nSPS) is 9.90. The zero-order chi connectivity index (χ0) is 14.7. The molecule has 100 valence electrons. The van der Waals surface area contributed by atoms with Crippen LogP contribution < -0.4 is 5.32 Å². The Morgan fingerprint density at radius 3 is 2.65 bits per heavy atom. The molecule has 0 aliphatic rings. The summed E-state index contributed by atoms with van der Waals surface area (Å²) in [6.45, 7) is 0. The van der Waals surface area contributed by atoms with Crippen LogP contribution in [0.1, 0.15) is 15.9 Å². The lowest BCUT2D eigenvalue weighted by Crippen LogP contribution is -2.14. The lowest BCUT2D eigenvalue weighted by molar-refractivity contribution is 0.102. The molecule has 0 fully saturated rings. The topological polar surface area (TPSA) is 65.8 Å². The van der Waals surface area contributed by atoms with Crippen molar-refractivity contribution in [2.24, 2.45) is 0 Å². The Hall–Kier alpha value is -2.16. The van der Waals surface area contributed by atoms with E-state index >= 15 is 0 Å². The van der Waals surface area contributed by atoms with E-state index in [4.69, 9.17) is 28.5 Å². The molecule has 1 amide bonds. The minimum atomic E-state index is -0.713. The Morgan fingerprint density at radius 1 is 1.30 bits per heavy atom. The van der Waals surface area contributed by atoms with E-state index in [9.17, 15) is 9.18 Å². The fourth-order valence-electron chi connectivity index (χ4n) is 1.46. The highest BCUT2D eigenvalue weighted by Gasteiger charge is 2.14. The summed E-state index contributed by atoms with van der Waals surface area (Å²) in [6, 6.07) is 8.29. The van der Waals surface area contributed by atoms with Crippen molar-refractivity contribution < 1.29 is 9.18 Å². The smallest absolute Gasteiger partial charge is 0.258 e. The standard InChI is InChI=1S/C13H6Cl2FN3O/c14-11-4-2-8(12(15)19-11)13(20)18-10-3-1-7(6-17)5-9(10)16/h1-5H,(H,18,20). The molecule has 0 aliphatic heterocycles. The van der Waals surface area contributed by atoms with Gasteiger partial charge in [0.05, 0.1) is 22.9 Å². The zero-order valence-corrected chi connectivity index (χ0v) is 11.3. The molecule has 0 atom stereocenters. The number of aromatic nitrogens is 1. The van der Waals surface area contributed by atoms with E-state index in [1.54, 1.807) is 6.07 Å². The van der Waals surface area contributed by atoms with Crippen molar-refractivity contribution in [1.82, 2.24) is 4.98 Å². The Balaban J connectivity index is 2.26. The summed E-state index contributed by atoms with van der Waals surface area (Å²) in [5.74, 6) is -1.33. The van der Waals surface area contributed by atoms with Crippen LogP contribution in [0, 0.1) is 17.1 Å². The summed E-state index contributed by atoms with van der Waals surface area (Å²) in [5, 5.41) is 11.0. The highest BCUT2D eigenvalue weighted by atomic mass is 35.5. The number of carbonyl (C=O) groups is 1. The lowest BCUT2D eigenvalue weighted by atomic mass is 10.2. The molecule has 7 heteroatoms. The average molecular weight is 310 g/mol. The highest BCUT2D eigenvalue weighted by Crippen LogP contribution is 2.20. The molecule has 1 aromatic carbocycles. The van der Waals surface area contributed by atoms with E-state index in [2.05, 4.69) is 10.3 Å². The van der Waals surface area contributed by atoms with E-state index in [1.807, 2.05) is 0 Å². The molecular formula is C13H6Cl2FN3O. The highest BCUT2D eigenvalue weighted by molar-refractivity contribution is 6.35. The third-order valence-corrected chi connectivity index (χ3v) is 2.90. The van der Waals surface area contributed by atoms with Crippen LogP contribution in [0.4, 0.5) is 10.1 Å². The van der Waals surface area contributed by atoms with Crippen LogP contribution in [-0.2, 0) is 0 Å². The first kappa shape index (κ1) is 14.3. The minimum absolute atomic E-state index is 0.0555. The minimum Gasteiger partial charge on any atom is -0.319 e. The van der Waals surface area contributed by atoms with Gasteiger partial charge in [-0.2, -0.15) is 5.26 Å². The number of amides is 1. The quantitative estimate of drug-likeness (QED) is 0.861. The largest absolute Gasteiger partial charge is 0.319 e. The average Bonchev–Trinajstić information content (AvgIpc) is 2.40. The molecule has 1 aromatic heterocycles. The van der Waals surface area contributed by atoms with Gasteiger partial charge in [-0.15, -0.1) is 0 Å². The van der Waals surface area contributed by atoms with Crippen LogP contribution in [0.2, 0.25) is 10.3 Å². The Kier molecular flexibility index (Phi) is 4.18. The van der Waals surface area contributed by atoms with E-state index in [1.165, 1.54) is 24.3 Å². The van der Waals surface area contributed by atoms with Crippen molar-refractivity contribution in [2.45, 2.75) is 0 Å². The molecule has 0 unspecified atom stereocenters. The molecule has 1 heterocycles. The van der Waals surface area contributed by atoms with Crippen LogP contribution in [0.3, 0.4) is 0 Å². The maximum atomic E-state index is 13.6. The maximum Gasteiger partial charge on any atom is 0.258 e. The van der Waals surface area contributed by atoms with Crippen molar-refractivity contribution in [1.29, 1.82) is 5.26 Å². The summed E-state index contributed by atoms with van der Waals surface area (Å²) in [5.41, 5.74) is 0.173. The maximum absolute atomic E-state index is 13.6. The van der Waals surface area contributed by atoms with Crippen molar-refractivity contribution >= 4 is 34.8 Å². The molecule has 0 saturated carbocycles. The Bertz CT molecular complexity index is 728. The number of nitrogens with zero attached hydrogens (tertiary/aromatic N) is 2. The van der Waals surface area contributed by atoms with E-state index in [0.29, 0.717) is 0 Å². The van der Waals surface area contributed by atoms with E-state index < -0.39 is 11.7 Å². The summed E-state index contributed by atoms with van der Waals surface area (Å²) >= 11 is 11.4. The first-order valence-corrected chi connectivity index (χ1v) is 6.10. The molecule has 0 bridgehead atoms. The Morgan fingerprint density at radius 2 is 2.05 bits per heavy atom. The van der Waals surface area contributed by atoms with Crippen LogP contribution >= 0.6 is 23.2 Å². The van der Waals surface area contributed by atoms with Crippen molar-refractivity contribution in [3.05, 3.63) is 57.6 Å². The fourth-order valence-corrected chi connectivity index (χ4v) is 1.89. The number of benzene rings is 1. The number of nitriles is 1. The van der Waals surface area contributed by atoms with Gasteiger partial charge in [0.25, 0.3) is 5.91 Å². The molecular weight excluding hydrogens is 304 g/mol. The number of pyridine rings is 1. The molecule has 2 aromatic rings. The number of hydrogen-bond acceptors (Lipinski definition) is 3. The Labute approximate surface area is 123 Å². The second-order valence-electron chi connectivity index (χ2n) is 3.73. The van der Waals surface area contributed by atoms with Crippen LogP contribution in [-0.4, -0.2) is 10.9 Å². The second-order valence-corrected chi connectivity index (χ2v) is 4.48. The van der Waals surface area contributed by atoms with Gasteiger partial charge in [-0.3, -0.25) is 4.79 Å². The van der Waals surface area contributed by atoms with Crippen LogP contribution in [0.5, 0.6) is 0 Å². The van der Waals surface area contributed by atoms with Crippen LogP contribution in [0.25, 0.3) is 0 Å². The first-order valence-electron chi connectivity index (χ1n) is 5.34. The number of halogens is 3. The molecule has 0 spiro atoms. The number of anilines is 1. The van der Waals surface area contributed by atoms with Gasteiger partial charge < -0.3 is 5.32 Å². The monoisotopic (exact) mass is 309 g/mol. The van der Waals surface area contributed by atoms with Gasteiger partial charge in [0.15, 0.2) is 0 Å². The summed E-state index contributed by atoms with van der Waals surface area (Å²) in [7, 11) is 0. The van der Waals surface area contributed by atoms with Gasteiger partial charge in [0.1, 0.15) is 16.1 Å². The lowest BCUT2D eigenvalue weighted by Gasteiger charge is -2.07. The summed E-state index contributed by atoms with van der Waals surface area (Å²) in [4.78, 5) is 15.7. The third-order valence-electron chi connectivity index (χ3n) is 2.41.